The van der Waals surface area contributed by atoms with Gasteiger partial charge in [0.15, 0.2) is 5.13 Å². The molecular formula is C20H24N4O3S. The number of rotatable bonds is 3. The second-order valence-corrected chi connectivity index (χ2v) is 7.59. The van der Waals surface area contributed by atoms with E-state index in [2.05, 4.69) is 15.3 Å². The number of thiazole rings is 1. The molecule has 28 heavy (non-hydrogen) atoms. The molecule has 4 N–H and O–H groups in total. The Balaban J connectivity index is 0.000000271. The third-order valence-corrected chi connectivity index (χ3v) is 5.23. The minimum atomic E-state index is -0.258. The average Bonchev–Trinajstić information content (AvgIpc) is 3.08. The van der Waals surface area contributed by atoms with Crippen molar-refractivity contribution in [3.63, 3.8) is 0 Å². The summed E-state index contributed by atoms with van der Waals surface area (Å²) < 4.78 is 6.70. The molecule has 0 unspecified atom stereocenters. The van der Waals surface area contributed by atoms with E-state index in [0.717, 1.165) is 23.1 Å². The van der Waals surface area contributed by atoms with E-state index in [4.69, 9.17) is 15.6 Å². The van der Waals surface area contributed by atoms with Crippen molar-refractivity contribution in [3.05, 3.63) is 42.2 Å². The van der Waals surface area contributed by atoms with Gasteiger partial charge in [-0.1, -0.05) is 30.6 Å². The van der Waals surface area contributed by atoms with Crippen LogP contribution in [0, 0.1) is 0 Å². The number of anilines is 1. The first-order valence-electron chi connectivity index (χ1n) is 9.25. The summed E-state index contributed by atoms with van der Waals surface area (Å²) in [5.41, 5.74) is 6.82. The lowest BCUT2D eigenvalue weighted by Crippen LogP contribution is -2.18. The molecule has 148 valence electrons. The second-order valence-electron chi connectivity index (χ2n) is 6.53. The van der Waals surface area contributed by atoms with E-state index in [1.54, 1.807) is 19.2 Å². The van der Waals surface area contributed by atoms with Crippen LogP contribution in [-0.4, -0.2) is 34.1 Å². The maximum absolute atomic E-state index is 11.5. The van der Waals surface area contributed by atoms with Crippen molar-refractivity contribution in [1.82, 2.24) is 15.3 Å². The Bertz CT molecular complexity index is 938. The molecule has 4 rings (SSSR count). The first kappa shape index (κ1) is 20.0. The third kappa shape index (κ3) is 5.40. The van der Waals surface area contributed by atoms with Crippen LogP contribution in [-0.2, 0) is 0 Å². The number of nitrogen functional groups attached to an aromatic ring is 1. The molecule has 0 bridgehead atoms. The summed E-state index contributed by atoms with van der Waals surface area (Å²) in [5, 5.41) is 12.0. The van der Waals surface area contributed by atoms with Gasteiger partial charge in [0.05, 0.1) is 16.3 Å². The Morgan fingerprint density at radius 1 is 1.21 bits per heavy atom. The smallest absolute Gasteiger partial charge is 0.269 e. The predicted octanol–water partition coefficient (Wildman–Crippen LogP) is 3.74. The summed E-state index contributed by atoms with van der Waals surface area (Å²) in [6.45, 7) is 0. The first-order chi connectivity index (χ1) is 13.5. The molecule has 0 saturated heterocycles. The lowest BCUT2D eigenvalue weighted by Gasteiger charge is -2.14. The zero-order valence-electron chi connectivity index (χ0n) is 15.7. The van der Waals surface area contributed by atoms with E-state index in [1.165, 1.54) is 36.8 Å². The van der Waals surface area contributed by atoms with Crippen LogP contribution in [0.15, 0.2) is 36.5 Å². The van der Waals surface area contributed by atoms with Gasteiger partial charge >= 0.3 is 0 Å². The van der Waals surface area contributed by atoms with Gasteiger partial charge in [-0.2, -0.15) is 0 Å². The molecule has 1 aromatic carbocycles. The van der Waals surface area contributed by atoms with Crippen LogP contribution < -0.4 is 15.8 Å². The summed E-state index contributed by atoms with van der Waals surface area (Å²) >= 11 is 1.40. The number of amides is 1. The van der Waals surface area contributed by atoms with Crippen LogP contribution in [0.5, 0.6) is 11.5 Å². The molecule has 3 aromatic rings. The van der Waals surface area contributed by atoms with Crippen molar-refractivity contribution in [2.45, 2.75) is 38.2 Å². The fraction of sp³-hybridized carbons (Fsp3) is 0.350. The number of aromatic nitrogens is 2. The Hall–Kier alpha value is -2.71. The molecule has 1 aliphatic carbocycles. The molecule has 1 saturated carbocycles. The summed E-state index contributed by atoms with van der Waals surface area (Å²) in [4.78, 5) is 19.7. The Morgan fingerprint density at radius 2 is 1.96 bits per heavy atom. The van der Waals surface area contributed by atoms with Crippen LogP contribution in [0.2, 0.25) is 0 Å². The van der Waals surface area contributed by atoms with Gasteiger partial charge in [-0.05, 0) is 31.0 Å². The van der Waals surface area contributed by atoms with Crippen molar-refractivity contribution in [2.75, 3.05) is 12.8 Å². The summed E-state index contributed by atoms with van der Waals surface area (Å²) in [7, 11) is 1.56. The first-order valence-corrected chi connectivity index (χ1v) is 10.1. The second kappa shape index (κ2) is 9.48. The molecule has 1 fully saturated rings. The lowest BCUT2D eigenvalue weighted by molar-refractivity contribution is 0.0957. The number of ether oxygens (including phenoxy) is 1. The van der Waals surface area contributed by atoms with Gasteiger partial charge in [0, 0.05) is 25.4 Å². The number of fused-ring (bicyclic) bond motifs is 1. The average molecular weight is 401 g/mol. The lowest BCUT2D eigenvalue weighted by atomic mass is 9.98. The van der Waals surface area contributed by atoms with Crippen LogP contribution >= 0.6 is 11.3 Å². The highest BCUT2D eigenvalue weighted by molar-refractivity contribution is 7.22. The van der Waals surface area contributed by atoms with E-state index in [1.807, 2.05) is 18.2 Å². The predicted molar refractivity (Wildman–Crippen MR) is 111 cm³/mol. The zero-order chi connectivity index (χ0) is 19.9. The van der Waals surface area contributed by atoms with Gasteiger partial charge in [0.25, 0.3) is 5.91 Å². The highest BCUT2D eigenvalue weighted by Crippen LogP contribution is 2.30. The Labute approximate surface area is 167 Å². The van der Waals surface area contributed by atoms with Crippen molar-refractivity contribution in [2.24, 2.45) is 0 Å². The zero-order valence-corrected chi connectivity index (χ0v) is 16.5. The fourth-order valence-electron chi connectivity index (χ4n) is 2.93. The van der Waals surface area contributed by atoms with Crippen LogP contribution in [0.25, 0.3) is 10.2 Å². The molecular weight excluding hydrogens is 376 g/mol. The molecule has 7 nitrogen and oxygen atoms in total. The van der Waals surface area contributed by atoms with Crippen molar-refractivity contribution in [1.29, 1.82) is 0 Å². The molecule has 0 aliphatic heterocycles. The van der Waals surface area contributed by atoms with Gasteiger partial charge in [-0.25, -0.2) is 4.98 Å². The van der Waals surface area contributed by atoms with Gasteiger partial charge in [-0.15, -0.1) is 0 Å². The number of pyridine rings is 1. The van der Waals surface area contributed by atoms with Gasteiger partial charge in [0.1, 0.15) is 17.2 Å². The number of nitrogens with one attached hydrogen (secondary N) is 1. The minimum absolute atomic E-state index is 0.0359. The topological polar surface area (TPSA) is 110 Å². The van der Waals surface area contributed by atoms with Crippen LogP contribution in [0.1, 0.15) is 42.6 Å². The highest BCUT2D eigenvalue weighted by Gasteiger charge is 2.09. The number of aliphatic hydroxyl groups is 1. The minimum Gasteiger partial charge on any atom is -0.457 e. The molecule has 1 amide bonds. The fourth-order valence-corrected chi connectivity index (χ4v) is 3.69. The molecule has 8 heteroatoms. The van der Waals surface area contributed by atoms with E-state index in [9.17, 15) is 4.79 Å². The number of aliphatic hydroxyl groups excluding tert-OH is 1. The number of benzene rings is 1. The number of hydrogen-bond donors (Lipinski definition) is 3. The van der Waals surface area contributed by atoms with Gasteiger partial charge < -0.3 is 20.9 Å². The maximum atomic E-state index is 11.5. The largest absolute Gasteiger partial charge is 0.457 e. The maximum Gasteiger partial charge on any atom is 0.269 e. The van der Waals surface area contributed by atoms with E-state index >= 15 is 0 Å². The van der Waals surface area contributed by atoms with E-state index in [-0.39, 0.29) is 12.0 Å². The summed E-state index contributed by atoms with van der Waals surface area (Å²) in [6.07, 6.45) is 7.46. The van der Waals surface area contributed by atoms with Crippen molar-refractivity contribution in [3.8, 4) is 11.5 Å². The number of nitrogens with two attached hydrogens (primary N) is 1. The van der Waals surface area contributed by atoms with Crippen molar-refractivity contribution < 1.29 is 14.6 Å². The number of nitrogens with zero attached hydrogens (tertiary/aromatic N) is 2. The van der Waals surface area contributed by atoms with Crippen LogP contribution in [0.3, 0.4) is 0 Å². The normalized spacial score (nSPS) is 14.2. The number of hydrogen-bond acceptors (Lipinski definition) is 7. The summed E-state index contributed by atoms with van der Waals surface area (Å²) in [5.74, 6) is 0.937. The van der Waals surface area contributed by atoms with Crippen molar-refractivity contribution >= 4 is 32.6 Å². The molecule has 0 radical (unpaired) electrons. The monoisotopic (exact) mass is 400 g/mol. The SMILES string of the molecule is CNC(=O)c1cc(Oc2ccc3nc(N)sc3c2)ccn1.OC1CCCCC1. The van der Waals surface area contributed by atoms with E-state index in [0.29, 0.717) is 22.3 Å². The van der Waals surface area contributed by atoms with Gasteiger partial charge in [0.2, 0.25) is 0 Å². The van der Waals surface area contributed by atoms with E-state index < -0.39 is 0 Å². The van der Waals surface area contributed by atoms with Gasteiger partial charge in [-0.3, -0.25) is 9.78 Å². The Morgan fingerprint density at radius 3 is 2.64 bits per heavy atom. The number of carbonyl (C=O) groups excluding carboxylic acids is 1. The molecule has 0 spiro atoms. The molecule has 2 heterocycles. The molecule has 0 atom stereocenters. The molecule has 2 aromatic heterocycles. The van der Waals surface area contributed by atoms with Crippen LogP contribution in [0.4, 0.5) is 5.13 Å². The highest BCUT2D eigenvalue weighted by atomic mass is 32.1. The number of carbonyl (C=O) groups is 1. The standard InChI is InChI=1S/C14H12N4O2S.C6H12O/c1-16-13(19)11-6-9(4-5-17-11)20-8-2-3-10-12(7-8)21-14(15)18-10;7-6-4-2-1-3-5-6/h2-7H,1H3,(H2,15,18)(H,16,19);6-7H,1-5H2. The third-order valence-electron chi connectivity index (χ3n) is 4.38. The molecule has 1 aliphatic rings. The quantitative estimate of drug-likeness (QED) is 0.618. The summed E-state index contributed by atoms with van der Waals surface area (Å²) in [6, 6.07) is 8.80. The Kier molecular flexibility index (Phi) is 6.78.